The lowest BCUT2D eigenvalue weighted by Gasteiger charge is -2.31. The minimum Gasteiger partial charge on any atom is -0.477 e. The van der Waals surface area contributed by atoms with Crippen molar-refractivity contribution in [3.05, 3.63) is 72.9 Å². The van der Waals surface area contributed by atoms with Crippen LogP contribution < -0.4 is 0 Å². The maximum absolute atomic E-state index is 12.7. The van der Waals surface area contributed by atoms with Gasteiger partial charge in [-0.1, -0.05) is 151 Å². The molecule has 332 valence electrons. The number of hydrogen-bond acceptors (Lipinski definition) is 6. The summed E-state index contributed by atoms with van der Waals surface area (Å²) >= 11 is 0. The molecule has 0 radical (unpaired) electrons. The Balaban J connectivity index is 4.51. The normalized spacial score (nSPS) is 13.6. The summed E-state index contributed by atoms with van der Waals surface area (Å²) in [5.74, 6) is -1.61. The van der Waals surface area contributed by atoms with Gasteiger partial charge in [0.1, 0.15) is 6.61 Å². The number of unbranched alkanes of at least 4 members (excludes halogenated alkanes) is 14. The number of carbonyl (C=O) groups excluding carboxylic acids is 2. The van der Waals surface area contributed by atoms with E-state index in [1.807, 2.05) is 21.1 Å². The third-order valence-corrected chi connectivity index (χ3v) is 9.83. The number of likely N-dealkylation sites (N-methyl/N-ethyl adjacent to an activating group) is 1. The van der Waals surface area contributed by atoms with Crippen molar-refractivity contribution in [2.75, 3.05) is 41.0 Å². The number of allylic oxidation sites excluding steroid dienone is 12. The van der Waals surface area contributed by atoms with E-state index in [-0.39, 0.29) is 49.1 Å². The number of aliphatic carboxylic acids is 1. The van der Waals surface area contributed by atoms with E-state index in [0.717, 1.165) is 38.5 Å². The molecule has 0 aliphatic heterocycles. The van der Waals surface area contributed by atoms with Gasteiger partial charge in [0.15, 0.2) is 12.1 Å². The first-order valence-electron chi connectivity index (χ1n) is 23.0. The number of carboxylic acid groups (broad SMARTS) is 1. The summed E-state index contributed by atoms with van der Waals surface area (Å²) < 4.78 is 17.2. The number of carbonyl (C=O) groups is 3. The third-order valence-electron chi connectivity index (χ3n) is 9.83. The molecule has 0 amide bonds. The highest BCUT2D eigenvalue weighted by molar-refractivity contribution is 5.72. The monoisotopic (exact) mass is 813 g/mol. The van der Waals surface area contributed by atoms with Gasteiger partial charge in [-0.2, -0.15) is 0 Å². The van der Waals surface area contributed by atoms with Gasteiger partial charge < -0.3 is 23.8 Å². The lowest BCUT2D eigenvalue weighted by atomic mass is 10.1. The molecule has 0 aromatic carbocycles. The second kappa shape index (κ2) is 40.5. The number of ether oxygens (including phenoxy) is 3. The van der Waals surface area contributed by atoms with Crippen LogP contribution in [0.4, 0.5) is 0 Å². The molecular weight excluding hydrogens is 727 g/mol. The van der Waals surface area contributed by atoms with Crippen molar-refractivity contribution in [1.29, 1.82) is 0 Å². The quantitative estimate of drug-likeness (QED) is 0.0285. The maximum atomic E-state index is 12.7. The molecule has 2 unspecified atom stereocenters. The Morgan fingerprint density at radius 3 is 1.34 bits per heavy atom. The molecule has 0 saturated heterocycles. The van der Waals surface area contributed by atoms with E-state index in [2.05, 4.69) is 86.8 Å². The van der Waals surface area contributed by atoms with Crippen molar-refractivity contribution >= 4 is 17.9 Å². The minimum absolute atomic E-state index is 0.0220. The molecule has 1 N–H and O–H groups in total. The number of nitrogens with zero attached hydrogens (tertiary/aromatic N) is 1. The van der Waals surface area contributed by atoms with Crippen LogP contribution in [0.25, 0.3) is 0 Å². The van der Waals surface area contributed by atoms with Crippen molar-refractivity contribution < 1.29 is 38.2 Å². The highest BCUT2D eigenvalue weighted by atomic mass is 16.6. The van der Waals surface area contributed by atoms with Crippen LogP contribution in [0.2, 0.25) is 0 Å². The second-order valence-corrected chi connectivity index (χ2v) is 16.3. The SMILES string of the molecule is CCCCCCCC/C=C/C/C=C/C/C=C/CCCC(=O)OCC(COCCC(C(=O)O)[N+](C)(C)C)OC(=O)CCC/C=C/C/C=C/C/C=C/CCCCCCCC. The molecule has 2 atom stereocenters. The molecule has 0 bridgehead atoms. The summed E-state index contributed by atoms with van der Waals surface area (Å²) in [7, 11) is 5.49. The first-order chi connectivity index (χ1) is 28.1. The summed E-state index contributed by atoms with van der Waals surface area (Å²) in [6, 6.07) is -0.634. The molecule has 0 aromatic heterocycles. The van der Waals surface area contributed by atoms with E-state index in [0.29, 0.717) is 19.3 Å². The first kappa shape index (κ1) is 54.8. The van der Waals surface area contributed by atoms with Crippen molar-refractivity contribution in [3.63, 3.8) is 0 Å². The van der Waals surface area contributed by atoms with Crippen LogP contribution in [0.3, 0.4) is 0 Å². The Morgan fingerprint density at radius 2 is 0.914 bits per heavy atom. The molecule has 0 fully saturated rings. The van der Waals surface area contributed by atoms with Crippen LogP contribution in [0.5, 0.6) is 0 Å². The predicted molar refractivity (Wildman–Crippen MR) is 243 cm³/mol. The fourth-order valence-electron chi connectivity index (χ4n) is 6.24. The summed E-state index contributed by atoms with van der Waals surface area (Å²) in [4.78, 5) is 37.0. The van der Waals surface area contributed by atoms with Gasteiger partial charge in [-0.25, -0.2) is 4.79 Å². The molecule has 0 saturated carbocycles. The van der Waals surface area contributed by atoms with Crippen LogP contribution in [0, 0.1) is 0 Å². The lowest BCUT2D eigenvalue weighted by molar-refractivity contribution is -0.887. The maximum Gasteiger partial charge on any atom is 0.362 e. The van der Waals surface area contributed by atoms with Gasteiger partial charge in [0.2, 0.25) is 0 Å². The molecule has 0 spiro atoms. The van der Waals surface area contributed by atoms with Gasteiger partial charge >= 0.3 is 17.9 Å². The van der Waals surface area contributed by atoms with Gasteiger partial charge in [0.05, 0.1) is 34.4 Å². The average molecular weight is 813 g/mol. The molecule has 0 aromatic rings. The van der Waals surface area contributed by atoms with Crippen LogP contribution in [-0.4, -0.2) is 80.6 Å². The molecule has 0 aliphatic carbocycles. The third kappa shape index (κ3) is 38.3. The standard InChI is InChI=1S/C50H85NO7/c1-6-8-10-12-14-16-18-20-22-24-26-28-30-32-34-36-38-40-48(52)57-45-46(44-56-43-42-47(50(54)55)51(3,4)5)58-49(53)41-39-37-35-33-31-29-27-25-23-21-19-17-15-13-11-9-7-2/h20-23,26-29,32-35,46-47H,6-19,24-25,30-31,36-45H2,1-5H3/p+1/b22-20+,23-21+,28-26+,29-27+,34-32+,35-33+. The first-order valence-corrected chi connectivity index (χ1v) is 23.0. The van der Waals surface area contributed by atoms with E-state index in [4.69, 9.17) is 14.2 Å². The Kier molecular flexibility index (Phi) is 38.3. The smallest absolute Gasteiger partial charge is 0.362 e. The fourth-order valence-corrected chi connectivity index (χ4v) is 6.24. The van der Waals surface area contributed by atoms with Gasteiger partial charge in [0, 0.05) is 19.3 Å². The number of quaternary nitrogens is 1. The van der Waals surface area contributed by atoms with Gasteiger partial charge in [-0.3, -0.25) is 9.59 Å². The van der Waals surface area contributed by atoms with E-state index in [1.54, 1.807) is 0 Å². The molecular formula is C50H86NO7+. The lowest BCUT2D eigenvalue weighted by Crippen LogP contribution is -2.50. The Bertz CT molecular complexity index is 1180. The Labute approximate surface area is 355 Å². The van der Waals surface area contributed by atoms with E-state index < -0.39 is 18.1 Å². The van der Waals surface area contributed by atoms with Crippen LogP contribution in [0.1, 0.15) is 174 Å². The van der Waals surface area contributed by atoms with Crippen molar-refractivity contribution in [2.45, 2.75) is 187 Å². The topological polar surface area (TPSA) is 99.1 Å². The number of hydrogen-bond donors (Lipinski definition) is 1. The second-order valence-electron chi connectivity index (χ2n) is 16.3. The summed E-state index contributed by atoms with van der Waals surface area (Å²) in [6.07, 6.45) is 51.1. The summed E-state index contributed by atoms with van der Waals surface area (Å²) in [6.45, 7) is 4.60. The Morgan fingerprint density at radius 1 is 0.517 bits per heavy atom. The van der Waals surface area contributed by atoms with Crippen LogP contribution in [0.15, 0.2) is 72.9 Å². The van der Waals surface area contributed by atoms with Crippen LogP contribution in [-0.2, 0) is 28.6 Å². The zero-order valence-corrected chi connectivity index (χ0v) is 37.7. The number of carboxylic acids is 1. The molecule has 8 nitrogen and oxygen atoms in total. The summed E-state index contributed by atoms with van der Waals surface area (Å²) in [5.41, 5.74) is 0. The number of rotatable bonds is 40. The van der Waals surface area contributed by atoms with Crippen molar-refractivity contribution in [2.24, 2.45) is 0 Å². The average Bonchev–Trinajstić information content (AvgIpc) is 3.18. The zero-order valence-electron chi connectivity index (χ0n) is 37.7. The Hall–Kier alpha value is -3.23. The van der Waals surface area contributed by atoms with Gasteiger partial charge in [-0.15, -0.1) is 0 Å². The molecule has 0 aliphatic rings. The van der Waals surface area contributed by atoms with Gasteiger partial charge in [-0.05, 0) is 77.0 Å². The van der Waals surface area contributed by atoms with Crippen LogP contribution >= 0.6 is 0 Å². The molecule has 58 heavy (non-hydrogen) atoms. The highest BCUT2D eigenvalue weighted by Crippen LogP contribution is 2.12. The predicted octanol–water partition coefficient (Wildman–Crippen LogP) is 12.7. The summed E-state index contributed by atoms with van der Waals surface area (Å²) in [5, 5.41) is 9.62. The largest absolute Gasteiger partial charge is 0.477 e. The molecule has 0 rings (SSSR count). The van der Waals surface area contributed by atoms with Crippen molar-refractivity contribution in [3.8, 4) is 0 Å². The fraction of sp³-hybridized carbons (Fsp3) is 0.700. The molecule has 0 heterocycles. The van der Waals surface area contributed by atoms with E-state index >= 15 is 0 Å². The van der Waals surface area contributed by atoms with E-state index in [9.17, 15) is 19.5 Å². The molecule has 8 heteroatoms. The minimum atomic E-state index is -0.891. The highest BCUT2D eigenvalue weighted by Gasteiger charge is 2.31. The number of esters is 2. The van der Waals surface area contributed by atoms with Crippen molar-refractivity contribution in [1.82, 2.24) is 0 Å². The van der Waals surface area contributed by atoms with Gasteiger partial charge in [0.25, 0.3) is 0 Å². The van der Waals surface area contributed by atoms with E-state index in [1.165, 1.54) is 89.9 Å². The zero-order chi connectivity index (χ0) is 42.8.